The molecule has 92 valence electrons. The minimum absolute atomic E-state index is 0.0356. The van der Waals surface area contributed by atoms with Gasteiger partial charge in [0.25, 0.3) is 0 Å². The molecule has 0 aliphatic carbocycles. The number of esters is 1. The highest BCUT2D eigenvalue weighted by molar-refractivity contribution is 6.04. The molecule has 0 aromatic carbocycles. The first-order valence-corrected chi connectivity index (χ1v) is 5.78. The largest absolute Gasteiger partial charge is 0.461 e. The lowest BCUT2D eigenvalue weighted by atomic mass is 9.74. The summed E-state index contributed by atoms with van der Waals surface area (Å²) in [6.45, 7) is 11.0. The molecule has 0 radical (unpaired) electrons. The zero-order valence-corrected chi connectivity index (χ0v) is 10.7. The molecular weight excluding hydrogens is 204 g/mol. The lowest BCUT2D eigenvalue weighted by Gasteiger charge is -2.29. The molecule has 0 saturated carbocycles. The predicted molar refractivity (Wildman–Crippen MR) is 64.0 cm³/mol. The van der Waals surface area contributed by atoms with Crippen LogP contribution in [0.4, 0.5) is 0 Å². The normalized spacial score (nSPS) is 11.3. The van der Waals surface area contributed by atoms with Gasteiger partial charge in [-0.25, -0.2) is 0 Å². The van der Waals surface area contributed by atoms with Crippen molar-refractivity contribution in [1.29, 1.82) is 0 Å². The van der Waals surface area contributed by atoms with Crippen molar-refractivity contribution in [2.45, 2.75) is 40.5 Å². The van der Waals surface area contributed by atoms with Crippen LogP contribution in [0.15, 0.2) is 12.7 Å². The fourth-order valence-corrected chi connectivity index (χ4v) is 1.81. The van der Waals surface area contributed by atoms with Crippen molar-refractivity contribution >= 4 is 11.8 Å². The number of Topliss-reactive ketones (excluding diaryl/α,β-unsaturated/α-hetero) is 1. The molecule has 0 spiro atoms. The van der Waals surface area contributed by atoms with Crippen molar-refractivity contribution in [2.24, 2.45) is 11.3 Å². The van der Waals surface area contributed by atoms with E-state index in [1.807, 2.05) is 27.7 Å². The first-order valence-electron chi connectivity index (χ1n) is 5.78. The zero-order valence-electron chi connectivity index (χ0n) is 10.7. The summed E-state index contributed by atoms with van der Waals surface area (Å²) in [6, 6.07) is 0. The molecule has 0 N–H and O–H groups in total. The molecule has 3 nitrogen and oxygen atoms in total. The van der Waals surface area contributed by atoms with Gasteiger partial charge < -0.3 is 4.74 Å². The molecule has 0 saturated heterocycles. The van der Waals surface area contributed by atoms with E-state index in [1.165, 1.54) is 6.08 Å². The lowest BCUT2D eigenvalue weighted by Crippen LogP contribution is -2.42. The summed E-state index contributed by atoms with van der Waals surface area (Å²) in [7, 11) is 0. The van der Waals surface area contributed by atoms with Gasteiger partial charge in [0, 0.05) is 5.92 Å². The highest BCUT2D eigenvalue weighted by Gasteiger charge is 2.44. The molecule has 0 aromatic rings. The minimum Gasteiger partial charge on any atom is -0.461 e. The van der Waals surface area contributed by atoms with Crippen LogP contribution in [0.3, 0.4) is 0 Å². The van der Waals surface area contributed by atoms with Crippen LogP contribution >= 0.6 is 0 Å². The van der Waals surface area contributed by atoms with Gasteiger partial charge in [-0.2, -0.15) is 0 Å². The lowest BCUT2D eigenvalue weighted by molar-refractivity contribution is -0.161. The molecule has 0 aromatic heterocycles. The Kier molecular flexibility index (Phi) is 6.01. The van der Waals surface area contributed by atoms with Gasteiger partial charge in [0.05, 0.1) is 0 Å². The van der Waals surface area contributed by atoms with Crippen LogP contribution in [-0.2, 0) is 14.3 Å². The fraction of sp³-hybridized carbons (Fsp3) is 0.692. The molecule has 0 bridgehead atoms. The molecule has 16 heavy (non-hydrogen) atoms. The Bertz CT molecular complexity index is 262. The zero-order chi connectivity index (χ0) is 12.8. The third-order valence-corrected chi connectivity index (χ3v) is 2.93. The van der Waals surface area contributed by atoms with Gasteiger partial charge in [-0.05, 0) is 12.8 Å². The van der Waals surface area contributed by atoms with Crippen LogP contribution in [0.2, 0.25) is 0 Å². The number of ketones is 1. The average molecular weight is 226 g/mol. The van der Waals surface area contributed by atoms with Crippen molar-refractivity contribution in [1.82, 2.24) is 0 Å². The standard InChI is InChI=1S/C13H22O3/c1-6-9-16-12(15)13(7-2,8-3)11(14)10(4)5/h6,10H,1,7-9H2,2-5H3. The Hall–Kier alpha value is -1.12. The second-order valence-corrected chi connectivity index (χ2v) is 4.20. The summed E-state index contributed by atoms with van der Waals surface area (Å²) >= 11 is 0. The van der Waals surface area contributed by atoms with Gasteiger partial charge in [0.1, 0.15) is 12.0 Å². The monoisotopic (exact) mass is 226 g/mol. The van der Waals surface area contributed by atoms with E-state index < -0.39 is 11.4 Å². The highest BCUT2D eigenvalue weighted by Crippen LogP contribution is 2.32. The summed E-state index contributed by atoms with van der Waals surface area (Å²) in [5.74, 6) is -0.612. The van der Waals surface area contributed by atoms with E-state index in [1.54, 1.807) is 0 Å². The third-order valence-electron chi connectivity index (χ3n) is 2.93. The van der Waals surface area contributed by atoms with E-state index in [-0.39, 0.29) is 18.3 Å². The fourth-order valence-electron chi connectivity index (χ4n) is 1.81. The van der Waals surface area contributed by atoms with E-state index in [0.717, 1.165) is 0 Å². The molecule has 0 aliphatic heterocycles. The van der Waals surface area contributed by atoms with Crippen LogP contribution < -0.4 is 0 Å². The Morgan fingerprint density at radius 2 is 1.81 bits per heavy atom. The highest BCUT2D eigenvalue weighted by atomic mass is 16.5. The molecule has 0 unspecified atom stereocenters. The summed E-state index contributed by atoms with van der Waals surface area (Å²) in [5, 5.41) is 0. The Labute approximate surface area is 97.9 Å². The topological polar surface area (TPSA) is 43.4 Å². The first-order chi connectivity index (χ1) is 7.46. The molecule has 0 amide bonds. The van der Waals surface area contributed by atoms with Gasteiger partial charge >= 0.3 is 5.97 Å². The predicted octanol–water partition coefficient (Wildman–Crippen LogP) is 2.75. The van der Waals surface area contributed by atoms with E-state index >= 15 is 0 Å². The second-order valence-electron chi connectivity index (χ2n) is 4.20. The van der Waals surface area contributed by atoms with Crippen molar-refractivity contribution in [3.63, 3.8) is 0 Å². The minimum atomic E-state index is -0.975. The first kappa shape index (κ1) is 14.9. The van der Waals surface area contributed by atoms with E-state index in [0.29, 0.717) is 12.8 Å². The average Bonchev–Trinajstić information content (AvgIpc) is 2.28. The Morgan fingerprint density at radius 3 is 2.12 bits per heavy atom. The van der Waals surface area contributed by atoms with Gasteiger partial charge in [-0.1, -0.05) is 40.3 Å². The molecular formula is C13H22O3. The molecule has 0 rings (SSSR count). The van der Waals surface area contributed by atoms with E-state index in [2.05, 4.69) is 6.58 Å². The molecule has 0 heterocycles. The quantitative estimate of drug-likeness (QED) is 0.381. The summed E-state index contributed by atoms with van der Waals surface area (Å²) in [5.41, 5.74) is -0.975. The summed E-state index contributed by atoms with van der Waals surface area (Å²) in [4.78, 5) is 24.0. The van der Waals surface area contributed by atoms with E-state index in [4.69, 9.17) is 4.74 Å². The maximum absolute atomic E-state index is 12.1. The summed E-state index contributed by atoms with van der Waals surface area (Å²) < 4.78 is 5.03. The Balaban J connectivity index is 5.00. The van der Waals surface area contributed by atoms with Crippen LogP contribution in [0.1, 0.15) is 40.5 Å². The van der Waals surface area contributed by atoms with Crippen LogP contribution in [0, 0.1) is 11.3 Å². The van der Waals surface area contributed by atoms with Crippen molar-refractivity contribution < 1.29 is 14.3 Å². The van der Waals surface area contributed by atoms with Gasteiger partial charge in [0.2, 0.25) is 0 Å². The van der Waals surface area contributed by atoms with Crippen LogP contribution in [0.5, 0.6) is 0 Å². The van der Waals surface area contributed by atoms with E-state index in [9.17, 15) is 9.59 Å². The Morgan fingerprint density at radius 1 is 1.31 bits per heavy atom. The number of carbonyl (C=O) groups excluding carboxylic acids is 2. The SMILES string of the molecule is C=CCOC(=O)C(CC)(CC)C(=O)C(C)C. The van der Waals surface area contributed by atoms with Gasteiger partial charge in [0.15, 0.2) is 5.78 Å². The summed E-state index contributed by atoms with van der Waals surface area (Å²) in [6.07, 6.45) is 2.47. The number of hydrogen-bond donors (Lipinski definition) is 0. The van der Waals surface area contributed by atoms with Crippen LogP contribution in [-0.4, -0.2) is 18.4 Å². The smallest absolute Gasteiger partial charge is 0.319 e. The molecule has 0 fully saturated rings. The van der Waals surface area contributed by atoms with Crippen molar-refractivity contribution in [3.05, 3.63) is 12.7 Å². The third kappa shape index (κ3) is 2.94. The number of carbonyl (C=O) groups is 2. The maximum Gasteiger partial charge on any atom is 0.319 e. The maximum atomic E-state index is 12.1. The second kappa shape index (κ2) is 6.46. The number of hydrogen-bond acceptors (Lipinski definition) is 3. The van der Waals surface area contributed by atoms with Gasteiger partial charge in [-0.15, -0.1) is 0 Å². The van der Waals surface area contributed by atoms with Crippen LogP contribution in [0.25, 0.3) is 0 Å². The van der Waals surface area contributed by atoms with Crippen molar-refractivity contribution in [3.8, 4) is 0 Å². The van der Waals surface area contributed by atoms with Crippen molar-refractivity contribution in [2.75, 3.05) is 6.61 Å². The number of rotatable bonds is 7. The molecule has 3 heteroatoms. The van der Waals surface area contributed by atoms with Gasteiger partial charge in [-0.3, -0.25) is 9.59 Å². The molecule has 0 atom stereocenters. The molecule has 0 aliphatic rings. The number of ether oxygens (including phenoxy) is 1.